The monoisotopic (exact) mass is 401 g/mol. The molecule has 3 amide bonds. The van der Waals surface area contributed by atoms with Crippen molar-refractivity contribution < 1.29 is 24.0 Å². The van der Waals surface area contributed by atoms with Gasteiger partial charge < -0.3 is 25.2 Å². The van der Waals surface area contributed by atoms with E-state index in [9.17, 15) is 14.4 Å². The number of hydrogen-bond acceptors (Lipinski definition) is 4. The summed E-state index contributed by atoms with van der Waals surface area (Å²) in [5.74, 6) is -0.891. The van der Waals surface area contributed by atoms with E-state index in [2.05, 4.69) is 10.6 Å². The number of quaternary nitrogens is 1. The predicted octanol–water partition coefficient (Wildman–Crippen LogP) is -0.654. The molecule has 1 aromatic carbocycles. The molecule has 1 saturated carbocycles. The highest BCUT2D eigenvalue weighted by Crippen LogP contribution is 2.36. The molecule has 1 saturated heterocycles. The second-order valence-corrected chi connectivity index (χ2v) is 8.03. The summed E-state index contributed by atoms with van der Waals surface area (Å²) in [6.45, 7) is 5.34. The lowest BCUT2D eigenvalue weighted by molar-refractivity contribution is -0.906. The van der Waals surface area contributed by atoms with Crippen LogP contribution in [0.15, 0.2) is 18.2 Å². The first-order chi connectivity index (χ1) is 14.1. The number of amides is 3. The van der Waals surface area contributed by atoms with Gasteiger partial charge in [0.1, 0.15) is 13.1 Å². The molecule has 2 aliphatic heterocycles. The predicted molar refractivity (Wildman–Crippen MR) is 108 cm³/mol. The minimum atomic E-state index is -0.663. The first-order valence-corrected chi connectivity index (χ1v) is 10.6. The van der Waals surface area contributed by atoms with Crippen LogP contribution in [0.5, 0.6) is 0 Å². The van der Waals surface area contributed by atoms with Crippen molar-refractivity contribution in [1.29, 1.82) is 0 Å². The van der Waals surface area contributed by atoms with Crippen LogP contribution >= 0.6 is 0 Å². The summed E-state index contributed by atoms with van der Waals surface area (Å²) in [6, 6.07) is 5.52. The van der Waals surface area contributed by atoms with Gasteiger partial charge in [0.15, 0.2) is 0 Å². The maximum absolute atomic E-state index is 12.5. The minimum Gasteiger partial charge on any atom is -0.370 e. The van der Waals surface area contributed by atoms with Crippen molar-refractivity contribution in [1.82, 2.24) is 5.32 Å². The zero-order valence-corrected chi connectivity index (χ0v) is 16.7. The summed E-state index contributed by atoms with van der Waals surface area (Å²) >= 11 is 0. The molecule has 156 valence electrons. The number of nitrogens with zero attached hydrogens (tertiary/aromatic N) is 1. The van der Waals surface area contributed by atoms with Crippen molar-refractivity contribution in [3.05, 3.63) is 23.8 Å². The standard InChI is InChI=1S/C21H28N4O4/c26-19(22-7-9-24-10-12-29-13-11-24)20(27)23-17-5-6-18-16(14-17)2-1-8-25(18)21(28)15-3-4-15/h5-6,14-15H,1-4,7-13H2,(H,22,26)(H,23,27)/p+1. The van der Waals surface area contributed by atoms with Gasteiger partial charge in [-0.2, -0.15) is 0 Å². The molecule has 0 unspecified atom stereocenters. The normalized spacial score (nSPS) is 19.4. The summed E-state index contributed by atoms with van der Waals surface area (Å²) < 4.78 is 5.31. The van der Waals surface area contributed by atoms with Gasteiger partial charge in [-0.25, -0.2) is 0 Å². The fourth-order valence-electron chi connectivity index (χ4n) is 3.99. The Kier molecular flexibility index (Phi) is 6.10. The van der Waals surface area contributed by atoms with Crippen LogP contribution in [0.2, 0.25) is 0 Å². The number of ether oxygens (including phenoxy) is 1. The van der Waals surface area contributed by atoms with Crippen LogP contribution in [0.1, 0.15) is 24.8 Å². The molecule has 3 N–H and O–H groups in total. The summed E-state index contributed by atoms with van der Waals surface area (Å²) in [7, 11) is 0. The molecule has 0 radical (unpaired) electrons. The smallest absolute Gasteiger partial charge is 0.313 e. The van der Waals surface area contributed by atoms with Crippen molar-refractivity contribution in [2.45, 2.75) is 25.7 Å². The third-order valence-electron chi connectivity index (χ3n) is 5.82. The van der Waals surface area contributed by atoms with Crippen molar-refractivity contribution in [3.63, 3.8) is 0 Å². The molecule has 2 heterocycles. The van der Waals surface area contributed by atoms with Crippen molar-refractivity contribution >= 4 is 29.1 Å². The third-order valence-corrected chi connectivity index (χ3v) is 5.82. The van der Waals surface area contributed by atoms with Crippen LogP contribution in [0, 0.1) is 5.92 Å². The van der Waals surface area contributed by atoms with E-state index in [0.717, 1.165) is 76.3 Å². The van der Waals surface area contributed by atoms with E-state index in [4.69, 9.17) is 4.74 Å². The average molecular weight is 401 g/mol. The third kappa shape index (κ3) is 4.94. The van der Waals surface area contributed by atoms with Gasteiger partial charge >= 0.3 is 11.8 Å². The Labute approximate surface area is 170 Å². The van der Waals surface area contributed by atoms with Gasteiger partial charge in [0, 0.05) is 23.8 Å². The molecule has 29 heavy (non-hydrogen) atoms. The first kappa shape index (κ1) is 19.8. The Balaban J connectivity index is 1.30. The number of carbonyl (C=O) groups is 3. The van der Waals surface area contributed by atoms with E-state index in [1.165, 1.54) is 4.90 Å². The Morgan fingerprint density at radius 1 is 1.14 bits per heavy atom. The second-order valence-electron chi connectivity index (χ2n) is 8.03. The Morgan fingerprint density at radius 2 is 1.93 bits per heavy atom. The van der Waals surface area contributed by atoms with Crippen LogP contribution in [-0.4, -0.2) is 63.7 Å². The van der Waals surface area contributed by atoms with E-state index in [1.807, 2.05) is 17.0 Å². The fraction of sp³-hybridized carbons (Fsp3) is 0.571. The maximum Gasteiger partial charge on any atom is 0.313 e. The quantitative estimate of drug-likeness (QED) is 0.572. The first-order valence-electron chi connectivity index (χ1n) is 10.6. The Morgan fingerprint density at radius 3 is 2.69 bits per heavy atom. The van der Waals surface area contributed by atoms with E-state index < -0.39 is 11.8 Å². The number of nitrogens with one attached hydrogen (secondary N) is 3. The highest BCUT2D eigenvalue weighted by Gasteiger charge is 2.35. The molecule has 3 aliphatic rings. The number of carbonyl (C=O) groups excluding carboxylic acids is 3. The van der Waals surface area contributed by atoms with E-state index >= 15 is 0 Å². The number of anilines is 2. The summed E-state index contributed by atoms with van der Waals surface area (Å²) in [6.07, 6.45) is 3.75. The molecular weight excluding hydrogens is 372 g/mol. The fourth-order valence-corrected chi connectivity index (χ4v) is 3.99. The molecular formula is C21H29N4O4+. The van der Waals surface area contributed by atoms with E-state index in [-0.39, 0.29) is 11.8 Å². The number of fused-ring (bicyclic) bond motifs is 1. The number of aryl methyl sites for hydroxylation is 1. The summed E-state index contributed by atoms with van der Waals surface area (Å²) in [5, 5.41) is 5.37. The zero-order chi connectivity index (χ0) is 20.2. The molecule has 0 aromatic heterocycles. The molecule has 0 bridgehead atoms. The highest BCUT2D eigenvalue weighted by molar-refractivity contribution is 6.39. The molecule has 1 aromatic rings. The van der Waals surface area contributed by atoms with Crippen LogP contribution in [-0.2, 0) is 25.5 Å². The largest absolute Gasteiger partial charge is 0.370 e. The van der Waals surface area contributed by atoms with Gasteiger partial charge in [-0.15, -0.1) is 0 Å². The summed E-state index contributed by atoms with van der Waals surface area (Å²) in [4.78, 5) is 40.0. The maximum atomic E-state index is 12.5. The van der Waals surface area contributed by atoms with Crippen LogP contribution < -0.4 is 20.4 Å². The molecule has 8 nitrogen and oxygen atoms in total. The van der Waals surface area contributed by atoms with E-state index in [1.54, 1.807) is 6.07 Å². The minimum absolute atomic E-state index is 0.184. The van der Waals surface area contributed by atoms with Crippen LogP contribution in [0.25, 0.3) is 0 Å². The lowest BCUT2D eigenvalue weighted by Gasteiger charge is -2.30. The highest BCUT2D eigenvalue weighted by atomic mass is 16.5. The van der Waals surface area contributed by atoms with Gasteiger partial charge in [0.2, 0.25) is 5.91 Å². The topological polar surface area (TPSA) is 92.2 Å². The summed E-state index contributed by atoms with van der Waals surface area (Å²) in [5.41, 5.74) is 2.56. The SMILES string of the molecule is O=C(NCC[NH+]1CCOCC1)C(=O)Nc1ccc2c(c1)CCCN2C(=O)C1CC1. The van der Waals surface area contributed by atoms with Gasteiger partial charge in [-0.05, 0) is 49.4 Å². The Hall–Kier alpha value is -2.45. The van der Waals surface area contributed by atoms with Crippen molar-refractivity contribution in [2.75, 3.05) is 56.2 Å². The molecule has 0 spiro atoms. The molecule has 8 heteroatoms. The van der Waals surface area contributed by atoms with Crippen LogP contribution in [0.4, 0.5) is 11.4 Å². The van der Waals surface area contributed by atoms with Crippen molar-refractivity contribution in [3.8, 4) is 0 Å². The van der Waals surface area contributed by atoms with Crippen molar-refractivity contribution in [2.24, 2.45) is 5.92 Å². The Bertz CT molecular complexity index is 787. The van der Waals surface area contributed by atoms with Gasteiger partial charge in [0.25, 0.3) is 0 Å². The molecule has 1 aliphatic carbocycles. The van der Waals surface area contributed by atoms with E-state index in [0.29, 0.717) is 12.2 Å². The van der Waals surface area contributed by atoms with Gasteiger partial charge in [0.05, 0.1) is 26.3 Å². The number of morpholine rings is 1. The molecule has 0 atom stereocenters. The molecule has 2 fully saturated rings. The number of rotatable bonds is 5. The zero-order valence-electron chi connectivity index (χ0n) is 16.7. The number of benzene rings is 1. The van der Waals surface area contributed by atoms with Crippen LogP contribution in [0.3, 0.4) is 0 Å². The molecule has 4 rings (SSSR count). The average Bonchev–Trinajstić information content (AvgIpc) is 3.59. The van der Waals surface area contributed by atoms with Gasteiger partial charge in [-0.3, -0.25) is 14.4 Å². The lowest BCUT2D eigenvalue weighted by Crippen LogP contribution is -3.14. The number of hydrogen-bond donors (Lipinski definition) is 3. The van der Waals surface area contributed by atoms with Gasteiger partial charge in [-0.1, -0.05) is 0 Å². The lowest BCUT2D eigenvalue weighted by atomic mass is 10.0. The second kappa shape index (κ2) is 8.92.